The molecule has 3 aliphatic heterocycles. The highest BCUT2D eigenvalue weighted by atomic mass is 19.1. The summed E-state index contributed by atoms with van der Waals surface area (Å²) >= 11 is 0. The predicted octanol–water partition coefficient (Wildman–Crippen LogP) is 2.45. The Bertz CT molecular complexity index is 1640. The molecule has 6 rings (SSSR count). The molecule has 13 heteroatoms. The molecule has 1 amide bonds. The maximum atomic E-state index is 13.8. The molecule has 0 unspecified atom stereocenters. The quantitative estimate of drug-likeness (QED) is 0.382. The van der Waals surface area contributed by atoms with E-state index in [1.165, 1.54) is 4.90 Å². The summed E-state index contributed by atoms with van der Waals surface area (Å²) in [5.41, 5.74) is 2.81. The summed E-state index contributed by atoms with van der Waals surface area (Å²) in [6, 6.07) is 6.11. The molecule has 3 aromatic heterocycles. The first-order valence-electron chi connectivity index (χ1n) is 14.5. The molecule has 2 fully saturated rings. The number of amides is 1. The molecule has 2 atom stereocenters. The van der Waals surface area contributed by atoms with E-state index in [4.69, 9.17) is 9.72 Å². The molecule has 0 aliphatic carbocycles. The van der Waals surface area contributed by atoms with E-state index in [1.807, 2.05) is 21.6 Å². The number of pyridine rings is 1. The Morgan fingerprint density at radius 3 is 2.74 bits per heavy atom. The van der Waals surface area contributed by atoms with Gasteiger partial charge < -0.3 is 24.3 Å². The number of carbonyl (C=O) groups excluding carboxylic acids is 1. The van der Waals surface area contributed by atoms with Crippen molar-refractivity contribution in [3.05, 3.63) is 53.9 Å². The molecule has 222 valence electrons. The number of carbonyl (C=O) groups is 1. The summed E-state index contributed by atoms with van der Waals surface area (Å²) in [5, 5.41) is 20.0. The topological polar surface area (TPSA) is 130 Å². The van der Waals surface area contributed by atoms with Crippen molar-refractivity contribution in [1.29, 1.82) is 10.5 Å². The monoisotopic (exact) mass is 584 g/mol. The fourth-order valence-electron chi connectivity index (χ4n) is 6.49. The van der Waals surface area contributed by atoms with Crippen LogP contribution in [0, 0.1) is 22.7 Å². The SMILES string of the molecule is C=C(F)C(=O)N1CCN(c2c(C#N)c(OC[C@@H]3CCCN3C)nc3c2CCN(c2ccnc4nccn24)C3)C[C@@H]1CC#N. The number of fused-ring (bicyclic) bond motifs is 2. The van der Waals surface area contributed by atoms with Gasteiger partial charge in [0.2, 0.25) is 11.7 Å². The molecule has 43 heavy (non-hydrogen) atoms. The molecular formula is C30H33FN10O2. The summed E-state index contributed by atoms with van der Waals surface area (Å²) in [7, 11) is 2.07. The fourth-order valence-corrected chi connectivity index (χ4v) is 6.49. The van der Waals surface area contributed by atoms with Gasteiger partial charge in [-0.2, -0.15) is 10.5 Å². The number of rotatable bonds is 7. The summed E-state index contributed by atoms with van der Waals surface area (Å²) in [6.07, 6.45) is 8.07. The lowest BCUT2D eigenvalue weighted by molar-refractivity contribution is -0.131. The van der Waals surface area contributed by atoms with E-state index in [9.17, 15) is 19.7 Å². The van der Waals surface area contributed by atoms with Gasteiger partial charge in [0, 0.05) is 56.4 Å². The van der Waals surface area contributed by atoms with Crippen LogP contribution in [-0.2, 0) is 17.8 Å². The van der Waals surface area contributed by atoms with E-state index in [0.29, 0.717) is 44.0 Å². The van der Waals surface area contributed by atoms with Crippen LogP contribution in [0.25, 0.3) is 5.78 Å². The maximum absolute atomic E-state index is 13.8. The lowest BCUT2D eigenvalue weighted by Crippen LogP contribution is -2.55. The zero-order valence-corrected chi connectivity index (χ0v) is 24.1. The number of hydrogen-bond donors (Lipinski definition) is 0. The molecule has 0 saturated carbocycles. The second-order valence-electron chi connectivity index (χ2n) is 11.2. The van der Waals surface area contributed by atoms with Crippen molar-refractivity contribution in [1.82, 2.24) is 29.2 Å². The van der Waals surface area contributed by atoms with Gasteiger partial charge in [0.1, 0.15) is 24.1 Å². The molecule has 3 aliphatic rings. The number of piperazine rings is 1. The minimum absolute atomic E-state index is 0.0266. The third-order valence-corrected chi connectivity index (χ3v) is 8.71. The average molecular weight is 585 g/mol. The van der Waals surface area contributed by atoms with Crippen LogP contribution < -0.4 is 14.5 Å². The van der Waals surface area contributed by atoms with Crippen LogP contribution in [0.4, 0.5) is 15.9 Å². The van der Waals surface area contributed by atoms with Gasteiger partial charge >= 0.3 is 0 Å². The Labute approximate surface area is 249 Å². The standard InChI is InChI=1S/C30H33FN10O2/c1-20(31)29(42)40-15-14-39(17-21(40)5-8-32)27-23-7-12-38(26-6-9-34-30-35-10-13-41(26)30)18-25(23)36-28(24(27)16-33)43-19-22-4-3-11-37(22)2/h6,9-10,13,21-22H,1,3-5,7,11-12,14-15,17-19H2,2H3/t21-,22-/m0/s1. The average Bonchev–Trinajstić information content (AvgIpc) is 3.67. The third-order valence-electron chi connectivity index (χ3n) is 8.71. The van der Waals surface area contributed by atoms with Gasteiger partial charge in [-0.15, -0.1) is 0 Å². The lowest BCUT2D eigenvalue weighted by Gasteiger charge is -2.43. The number of ether oxygens (including phenoxy) is 1. The van der Waals surface area contributed by atoms with E-state index < -0.39 is 17.8 Å². The number of aromatic nitrogens is 4. The van der Waals surface area contributed by atoms with Crippen molar-refractivity contribution in [2.45, 2.75) is 44.3 Å². The summed E-state index contributed by atoms with van der Waals surface area (Å²) < 4.78 is 22.1. The molecule has 0 aromatic carbocycles. The van der Waals surface area contributed by atoms with E-state index in [0.717, 1.165) is 42.1 Å². The largest absolute Gasteiger partial charge is 0.475 e. The third kappa shape index (κ3) is 5.32. The van der Waals surface area contributed by atoms with Crippen molar-refractivity contribution in [2.75, 3.05) is 56.2 Å². The van der Waals surface area contributed by atoms with Gasteiger partial charge in [-0.25, -0.2) is 19.3 Å². The molecule has 3 aromatic rings. The molecule has 0 radical (unpaired) electrons. The molecular weight excluding hydrogens is 551 g/mol. The fraction of sp³-hybridized carbons (Fsp3) is 0.467. The van der Waals surface area contributed by atoms with Crippen LogP contribution in [0.2, 0.25) is 0 Å². The highest BCUT2D eigenvalue weighted by Gasteiger charge is 2.36. The second-order valence-corrected chi connectivity index (χ2v) is 11.2. The summed E-state index contributed by atoms with van der Waals surface area (Å²) in [4.78, 5) is 34.0. The minimum Gasteiger partial charge on any atom is -0.475 e. The number of likely N-dealkylation sites (N-methyl/N-ethyl adjacent to an activating group) is 1. The number of hydrogen-bond acceptors (Lipinski definition) is 10. The van der Waals surface area contributed by atoms with Gasteiger partial charge in [-0.05, 0) is 38.9 Å². The first-order valence-corrected chi connectivity index (χ1v) is 14.5. The van der Waals surface area contributed by atoms with Crippen LogP contribution >= 0.6 is 0 Å². The Morgan fingerprint density at radius 2 is 2.00 bits per heavy atom. The molecule has 12 nitrogen and oxygen atoms in total. The first kappa shape index (κ1) is 28.4. The highest BCUT2D eigenvalue weighted by molar-refractivity contribution is 5.91. The van der Waals surface area contributed by atoms with Crippen LogP contribution in [0.15, 0.2) is 37.1 Å². The van der Waals surface area contributed by atoms with E-state index in [-0.39, 0.29) is 31.4 Å². The normalized spacial score (nSPS) is 20.5. The number of anilines is 2. The Kier molecular flexibility index (Phi) is 7.82. The van der Waals surface area contributed by atoms with E-state index in [1.54, 1.807) is 12.4 Å². The molecule has 2 saturated heterocycles. The lowest BCUT2D eigenvalue weighted by atomic mass is 9.97. The number of likely N-dealkylation sites (tertiary alicyclic amines) is 1. The van der Waals surface area contributed by atoms with Gasteiger partial charge in [-0.3, -0.25) is 9.20 Å². The zero-order valence-electron chi connectivity index (χ0n) is 24.1. The first-order chi connectivity index (χ1) is 20.9. The minimum atomic E-state index is -1.05. The van der Waals surface area contributed by atoms with Gasteiger partial charge in [-0.1, -0.05) is 6.58 Å². The second kappa shape index (κ2) is 11.9. The van der Waals surface area contributed by atoms with Crippen LogP contribution in [0.3, 0.4) is 0 Å². The predicted molar refractivity (Wildman–Crippen MR) is 156 cm³/mol. The Hall–Kier alpha value is -4.75. The molecule has 6 heterocycles. The van der Waals surface area contributed by atoms with Crippen LogP contribution in [0.5, 0.6) is 5.88 Å². The Balaban J connectivity index is 1.38. The van der Waals surface area contributed by atoms with Gasteiger partial charge in [0.25, 0.3) is 5.91 Å². The Morgan fingerprint density at radius 1 is 1.16 bits per heavy atom. The van der Waals surface area contributed by atoms with Crippen LogP contribution in [0.1, 0.15) is 36.1 Å². The van der Waals surface area contributed by atoms with E-state index in [2.05, 4.69) is 45.5 Å². The summed E-state index contributed by atoms with van der Waals surface area (Å²) in [6.45, 7) is 6.55. The van der Waals surface area contributed by atoms with E-state index >= 15 is 0 Å². The molecule has 0 bridgehead atoms. The van der Waals surface area contributed by atoms with Gasteiger partial charge in [0.05, 0.1) is 36.5 Å². The highest BCUT2D eigenvalue weighted by Crippen LogP contribution is 2.38. The number of nitriles is 2. The van der Waals surface area contributed by atoms with Crippen molar-refractivity contribution < 1.29 is 13.9 Å². The zero-order chi connectivity index (χ0) is 30.1. The van der Waals surface area contributed by atoms with Crippen molar-refractivity contribution >= 4 is 23.2 Å². The molecule has 0 N–H and O–H groups in total. The number of nitrogens with zero attached hydrogens (tertiary/aromatic N) is 10. The maximum Gasteiger partial charge on any atom is 0.282 e. The van der Waals surface area contributed by atoms with Crippen molar-refractivity contribution in [3.63, 3.8) is 0 Å². The molecule has 0 spiro atoms. The number of halogens is 1. The van der Waals surface area contributed by atoms with Gasteiger partial charge in [0.15, 0.2) is 5.83 Å². The number of imidazole rings is 1. The summed E-state index contributed by atoms with van der Waals surface area (Å²) in [5.74, 6) is -0.0304. The smallest absolute Gasteiger partial charge is 0.282 e. The van der Waals surface area contributed by atoms with Crippen molar-refractivity contribution in [2.24, 2.45) is 0 Å². The van der Waals surface area contributed by atoms with Crippen molar-refractivity contribution in [3.8, 4) is 18.0 Å². The van der Waals surface area contributed by atoms with Crippen LogP contribution in [-0.4, -0.2) is 93.5 Å².